The summed E-state index contributed by atoms with van der Waals surface area (Å²) in [6.45, 7) is 2.59. The Kier molecular flexibility index (Phi) is 3.48. The minimum atomic E-state index is -0.187. The number of likely N-dealkylation sites (N-methyl/N-ethyl adjacent to an activating group) is 1. The van der Waals surface area contributed by atoms with E-state index in [1.54, 1.807) is 23.3 Å². The second kappa shape index (κ2) is 5.05. The van der Waals surface area contributed by atoms with Crippen LogP contribution in [0.15, 0.2) is 16.3 Å². The molecule has 2 aromatic heterocycles. The Morgan fingerprint density at radius 1 is 1.59 bits per heavy atom. The molecule has 1 amide bonds. The van der Waals surface area contributed by atoms with Gasteiger partial charge < -0.3 is 4.90 Å². The Bertz CT molecular complexity index is 494. The molecule has 6 nitrogen and oxygen atoms in total. The molecule has 0 aliphatic heterocycles. The number of carbonyl (C=O) groups excluding carboxylic acids is 1. The van der Waals surface area contributed by atoms with E-state index in [0.717, 1.165) is 12.1 Å². The van der Waals surface area contributed by atoms with Gasteiger partial charge in [-0.25, -0.2) is 9.61 Å². The lowest BCUT2D eigenvalue weighted by molar-refractivity contribution is 0.0785. The Labute approximate surface area is 102 Å². The minimum absolute atomic E-state index is 0.187. The largest absolute Gasteiger partial charge is 0.340 e. The van der Waals surface area contributed by atoms with Crippen LogP contribution in [-0.2, 0) is 6.42 Å². The first-order valence-corrected chi connectivity index (χ1v) is 5.98. The topological polar surface area (TPSA) is 72.1 Å². The van der Waals surface area contributed by atoms with Crippen molar-refractivity contribution in [3.05, 3.63) is 28.0 Å². The van der Waals surface area contributed by atoms with Gasteiger partial charge in [-0.05, 0) is 12.1 Å². The van der Waals surface area contributed by atoms with Crippen LogP contribution in [0.25, 0.3) is 0 Å². The van der Waals surface area contributed by atoms with Crippen molar-refractivity contribution in [2.75, 3.05) is 13.6 Å². The molecular weight excluding hydrogens is 240 g/mol. The van der Waals surface area contributed by atoms with Gasteiger partial charge >= 0.3 is 0 Å². The van der Waals surface area contributed by atoms with Crippen LogP contribution in [0.4, 0.5) is 0 Å². The van der Waals surface area contributed by atoms with Gasteiger partial charge in [0.1, 0.15) is 6.20 Å². The summed E-state index contributed by atoms with van der Waals surface area (Å²) in [7, 11) is 1.73. The summed E-state index contributed by atoms with van der Waals surface area (Å²) in [6, 6.07) is 0. The predicted octanol–water partition coefficient (Wildman–Crippen LogP) is 1.15. The van der Waals surface area contributed by atoms with E-state index in [1.807, 2.05) is 12.4 Å². The third kappa shape index (κ3) is 2.68. The zero-order valence-electron chi connectivity index (χ0n) is 9.58. The molecular formula is C10H12N4O2S. The molecule has 90 valence electrons. The summed E-state index contributed by atoms with van der Waals surface area (Å²) in [4.78, 5) is 18.8. The number of amides is 1. The number of hydrogen-bond donors (Lipinski definition) is 0. The van der Waals surface area contributed by atoms with Crippen molar-refractivity contribution in [1.82, 2.24) is 20.2 Å². The fourth-order valence-electron chi connectivity index (χ4n) is 1.39. The Morgan fingerprint density at radius 3 is 3.00 bits per heavy atom. The van der Waals surface area contributed by atoms with Crippen LogP contribution >= 0.6 is 11.3 Å². The Hall–Kier alpha value is -1.76. The molecule has 0 saturated heterocycles. The van der Waals surface area contributed by atoms with E-state index in [2.05, 4.69) is 19.9 Å². The van der Waals surface area contributed by atoms with Gasteiger partial charge in [-0.2, -0.15) is 0 Å². The maximum atomic E-state index is 11.8. The first-order valence-electron chi connectivity index (χ1n) is 5.10. The molecule has 0 N–H and O–H groups in total. The van der Waals surface area contributed by atoms with Crippen LogP contribution in [0.1, 0.15) is 21.1 Å². The molecule has 0 bridgehead atoms. The number of hydrogen-bond acceptors (Lipinski definition) is 6. The molecule has 17 heavy (non-hydrogen) atoms. The lowest BCUT2D eigenvalue weighted by atomic mass is 10.3. The average molecular weight is 252 g/mol. The molecule has 0 radical (unpaired) electrons. The number of carbonyl (C=O) groups is 1. The average Bonchev–Trinajstić information content (AvgIpc) is 2.96. The van der Waals surface area contributed by atoms with E-state index < -0.39 is 0 Å². The summed E-state index contributed by atoms with van der Waals surface area (Å²) in [5.41, 5.74) is 3.07. The molecule has 2 rings (SSSR count). The van der Waals surface area contributed by atoms with Crippen LogP contribution in [0, 0.1) is 6.92 Å². The zero-order valence-corrected chi connectivity index (χ0v) is 10.4. The highest BCUT2D eigenvalue weighted by Crippen LogP contribution is 2.13. The second-order valence-electron chi connectivity index (χ2n) is 3.63. The number of aromatic nitrogens is 3. The lowest BCUT2D eigenvalue weighted by Crippen LogP contribution is -2.29. The monoisotopic (exact) mass is 252 g/mol. The predicted molar refractivity (Wildman–Crippen MR) is 61.8 cm³/mol. The van der Waals surface area contributed by atoms with Gasteiger partial charge in [0, 0.05) is 24.9 Å². The van der Waals surface area contributed by atoms with Gasteiger partial charge in [0.15, 0.2) is 5.69 Å². The van der Waals surface area contributed by atoms with Gasteiger partial charge in [0.25, 0.3) is 5.91 Å². The second-order valence-corrected chi connectivity index (χ2v) is 4.57. The highest BCUT2D eigenvalue weighted by atomic mass is 32.1. The van der Waals surface area contributed by atoms with Crippen molar-refractivity contribution in [1.29, 1.82) is 0 Å². The summed E-state index contributed by atoms with van der Waals surface area (Å²) in [5.74, 6) is -0.187. The van der Waals surface area contributed by atoms with E-state index in [1.165, 1.54) is 11.1 Å². The smallest absolute Gasteiger partial charge is 0.277 e. The lowest BCUT2D eigenvalue weighted by Gasteiger charge is -2.14. The van der Waals surface area contributed by atoms with Crippen molar-refractivity contribution in [3.8, 4) is 0 Å². The molecule has 0 unspecified atom stereocenters. The summed E-state index contributed by atoms with van der Waals surface area (Å²) < 4.78 is 4.40. The highest BCUT2D eigenvalue weighted by Gasteiger charge is 2.15. The van der Waals surface area contributed by atoms with Gasteiger partial charge in [-0.15, -0.1) is 11.3 Å². The van der Waals surface area contributed by atoms with Gasteiger partial charge in [-0.3, -0.25) is 4.79 Å². The first kappa shape index (κ1) is 11.7. The Balaban J connectivity index is 1.92. The fourth-order valence-corrected chi connectivity index (χ4v) is 2.16. The maximum Gasteiger partial charge on any atom is 0.277 e. The number of rotatable bonds is 4. The van der Waals surface area contributed by atoms with Crippen molar-refractivity contribution < 1.29 is 9.42 Å². The van der Waals surface area contributed by atoms with Crippen molar-refractivity contribution in [3.63, 3.8) is 0 Å². The van der Waals surface area contributed by atoms with Gasteiger partial charge in [-0.1, -0.05) is 5.16 Å². The molecule has 0 fully saturated rings. The molecule has 7 heteroatoms. The number of aryl methyl sites for hydroxylation is 1. The zero-order chi connectivity index (χ0) is 12.3. The molecule has 0 saturated carbocycles. The van der Waals surface area contributed by atoms with Crippen LogP contribution in [0.5, 0.6) is 0 Å². The van der Waals surface area contributed by atoms with Crippen LogP contribution in [0.2, 0.25) is 0 Å². The molecule has 2 heterocycles. The van der Waals surface area contributed by atoms with Gasteiger partial charge in [0.05, 0.1) is 11.2 Å². The van der Waals surface area contributed by atoms with Crippen molar-refractivity contribution >= 4 is 17.2 Å². The number of thiazole rings is 1. The van der Waals surface area contributed by atoms with E-state index in [-0.39, 0.29) is 11.6 Å². The van der Waals surface area contributed by atoms with Gasteiger partial charge in [0.2, 0.25) is 0 Å². The summed E-state index contributed by atoms with van der Waals surface area (Å²) in [5, 5.41) is 6.92. The van der Waals surface area contributed by atoms with E-state index in [9.17, 15) is 4.79 Å². The molecule has 0 spiro atoms. The highest BCUT2D eigenvalue weighted by molar-refractivity contribution is 7.09. The van der Waals surface area contributed by atoms with Crippen molar-refractivity contribution in [2.45, 2.75) is 13.3 Å². The number of nitrogens with zero attached hydrogens (tertiary/aromatic N) is 4. The Morgan fingerprint density at radius 2 is 2.41 bits per heavy atom. The van der Waals surface area contributed by atoms with Crippen LogP contribution in [0.3, 0.4) is 0 Å². The molecule has 0 aromatic carbocycles. The summed E-state index contributed by atoms with van der Waals surface area (Å²) >= 11 is 1.61. The van der Waals surface area contributed by atoms with Crippen LogP contribution < -0.4 is 0 Å². The van der Waals surface area contributed by atoms with Crippen molar-refractivity contribution in [2.24, 2.45) is 0 Å². The maximum absolute atomic E-state index is 11.8. The third-order valence-corrected chi connectivity index (χ3v) is 3.44. The minimum Gasteiger partial charge on any atom is -0.340 e. The van der Waals surface area contributed by atoms with Crippen LogP contribution in [-0.4, -0.2) is 39.7 Å². The molecule has 0 atom stereocenters. The first-order chi connectivity index (χ1) is 8.18. The third-order valence-electron chi connectivity index (χ3n) is 2.45. The molecule has 0 aliphatic carbocycles. The molecule has 0 aliphatic rings. The fraction of sp³-hybridized carbons (Fsp3) is 0.400. The van der Waals surface area contributed by atoms with E-state index >= 15 is 0 Å². The normalized spacial score (nSPS) is 10.5. The summed E-state index contributed by atoms with van der Waals surface area (Å²) in [6.07, 6.45) is 2.11. The molecule has 2 aromatic rings. The SMILES string of the molecule is Cc1ncsc1CCN(C)C(=O)c1cnon1. The quantitative estimate of drug-likeness (QED) is 0.816. The van der Waals surface area contributed by atoms with E-state index in [0.29, 0.717) is 6.54 Å². The van der Waals surface area contributed by atoms with E-state index in [4.69, 9.17) is 0 Å². The standard InChI is InChI=1S/C10H12N4O2S/c1-7-9(17-6-11-7)3-4-14(2)10(15)8-5-12-16-13-8/h5-6H,3-4H2,1-2H3.